The van der Waals surface area contributed by atoms with Gasteiger partial charge in [-0.2, -0.15) is 13.2 Å². The number of ether oxygens (including phenoxy) is 1. The van der Waals surface area contributed by atoms with Crippen LogP contribution in [0.25, 0.3) is 0 Å². The van der Waals surface area contributed by atoms with Crippen LogP contribution in [0.1, 0.15) is 44.7 Å². The Kier molecular flexibility index (Phi) is 5.26. The first-order valence-corrected chi connectivity index (χ1v) is 8.31. The fraction of sp³-hybridized carbons (Fsp3) is 0.556. The number of nitrogens with zero attached hydrogens (tertiary/aromatic N) is 1. The number of likely N-dealkylation sites (tertiary alicyclic amines) is 1. The fourth-order valence-corrected chi connectivity index (χ4v) is 3.19. The predicted molar refractivity (Wildman–Crippen MR) is 89.4 cm³/mol. The van der Waals surface area contributed by atoms with E-state index < -0.39 is 34.8 Å². The summed E-state index contributed by atoms with van der Waals surface area (Å²) in [4.78, 5) is 25.7. The van der Waals surface area contributed by atoms with Crippen LogP contribution in [0, 0.1) is 0 Å². The Hall–Kier alpha value is -2.25. The highest BCUT2D eigenvalue weighted by molar-refractivity contribution is 5.87. The van der Waals surface area contributed by atoms with E-state index >= 15 is 0 Å². The summed E-state index contributed by atoms with van der Waals surface area (Å²) in [6, 6.07) is 4.96. The van der Waals surface area contributed by atoms with Crippen molar-refractivity contribution in [3.05, 3.63) is 35.4 Å². The van der Waals surface area contributed by atoms with Crippen molar-refractivity contribution in [2.75, 3.05) is 13.1 Å². The summed E-state index contributed by atoms with van der Waals surface area (Å²) in [6.07, 6.45) is -5.13. The number of piperidine rings is 1. The first kappa shape index (κ1) is 20.1. The molecule has 1 heterocycles. The third kappa shape index (κ3) is 4.11. The van der Waals surface area contributed by atoms with E-state index in [0.29, 0.717) is 0 Å². The fourth-order valence-electron chi connectivity index (χ4n) is 3.19. The largest absolute Gasteiger partial charge is 0.444 e. The monoisotopic (exact) mass is 372 g/mol. The van der Waals surface area contributed by atoms with Gasteiger partial charge in [-0.05, 0) is 45.2 Å². The molecule has 1 fully saturated rings. The molecule has 0 unspecified atom stereocenters. The molecule has 2 amide bonds. The van der Waals surface area contributed by atoms with Crippen LogP contribution in [0.2, 0.25) is 0 Å². The van der Waals surface area contributed by atoms with Crippen LogP contribution in [0.4, 0.5) is 18.0 Å². The van der Waals surface area contributed by atoms with Gasteiger partial charge < -0.3 is 15.4 Å². The molecule has 0 aliphatic carbocycles. The second-order valence-electron chi connectivity index (χ2n) is 7.46. The van der Waals surface area contributed by atoms with Gasteiger partial charge in [0.2, 0.25) is 5.91 Å². The van der Waals surface area contributed by atoms with Crippen LogP contribution in [0.5, 0.6) is 0 Å². The van der Waals surface area contributed by atoms with Gasteiger partial charge in [-0.1, -0.05) is 18.2 Å². The Morgan fingerprint density at radius 3 is 2.12 bits per heavy atom. The second kappa shape index (κ2) is 6.81. The van der Waals surface area contributed by atoms with Gasteiger partial charge in [0.15, 0.2) is 0 Å². The van der Waals surface area contributed by atoms with Gasteiger partial charge in [0.05, 0.1) is 11.0 Å². The van der Waals surface area contributed by atoms with Crippen molar-refractivity contribution < 1.29 is 27.5 Å². The smallest absolute Gasteiger partial charge is 0.416 e. The Morgan fingerprint density at radius 2 is 1.65 bits per heavy atom. The summed E-state index contributed by atoms with van der Waals surface area (Å²) in [5.41, 5.74) is 2.37. The third-order valence-electron chi connectivity index (χ3n) is 4.49. The summed E-state index contributed by atoms with van der Waals surface area (Å²) in [5.74, 6) is -0.821. The van der Waals surface area contributed by atoms with Gasteiger partial charge in [0, 0.05) is 13.1 Å². The number of hydrogen-bond acceptors (Lipinski definition) is 3. The minimum absolute atomic E-state index is 0.00860. The Balaban J connectivity index is 2.31. The van der Waals surface area contributed by atoms with E-state index in [2.05, 4.69) is 0 Å². The van der Waals surface area contributed by atoms with E-state index in [0.717, 1.165) is 6.07 Å². The lowest BCUT2D eigenvalue weighted by Gasteiger charge is -2.41. The zero-order valence-corrected chi connectivity index (χ0v) is 15.0. The number of benzene rings is 1. The molecule has 0 radical (unpaired) electrons. The standard InChI is InChI=1S/C18H23F3N2O3/c1-16(2,3)26-15(25)23-10-8-17(9-11-23,14(22)24)12-6-4-5-7-13(12)18(19,20)21/h4-7H,8-11H2,1-3H3,(H2,22,24). The highest BCUT2D eigenvalue weighted by atomic mass is 19.4. The van der Waals surface area contributed by atoms with Gasteiger partial charge in [0.1, 0.15) is 5.60 Å². The molecule has 1 aliphatic heterocycles. The number of carbonyl (C=O) groups is 2. The normalized spacial score (nSPS) is 17.7. The molecule has 0 aromatic heterocycles. The molecular weight excluding hydrogens is 349 g/mol. The van der Waals surface area contributed by atoms with E-state index in [4.69, 9.17) is 10.5 Å². The summed E-state index contributed by atoms with van der Waals surface area (Å²) in [5, 5.41) is 0. The van der Waals surface area contributed by atoms with Crippen molar-refractivity contribution in [3.63, 3.8) is 0 Å². The van der Waals surface area contributed by atoms with Gasteiger partial charge in [-0.15, -0.1) is 0 Å². The average Bonchev–Trinajstić information content (AvgIpc) is 2.52. The third-order valence-corrected chi connectivity index (χ3v) is 4.49. The van der Waals surface area contributed by atoms with Gasteiger partial charge in [-0.25, -0.2) is 4.79 Å². The average molecular weight is 372 g/mol. The zero-order chi connectivity index (χ0) is 19.8. The zero-order valence-electron chi connectivity index (χ0n) is 15.0. The van der Waals surface area contributed by atoms with Crippen LogP contribution >= 0.6 is 0 Å². The van der Waals surface area contributed by atoms with Gasteiger partial charge >= 0.3 is 12.3 Å². The minimum atomic E-state index is -4.60. The van der Waals surface area contributed by atoms with Crippen molar-refractivity contribution in [2.24, 2.45) is 5.73 Å². The predicted octanol–water partition coefficient (Wildman–Crippen LogP) is 3.46. The van der Waals surface area contributed by atoms with E-state index in [-0.39, 0.29) is 31.5 Å². The van der Waals surface area contributed by atoms with Crippen molar-refractivity contribution in [1.82, 2.24) is 4.90 Å². The molecule has 144 valence electrons. The molecule has 2 N–H and O–H groups in total. The molecule has 0 spiro atoms. The number of halogens is 3. The molecule has 1 aromatic carbocycles. The maximum Gasteiger partial charge on any atom is 0.416 e. The van der Waals surface area contributed by atoms with Gasteiger partial charge in [0.25, 0.3) is 0 Å². The number of primary amides is 1. The maximum absolute atomic E-state index is 13.4. The maximum atomic E-state index is 13.4. The number of rotatable bonds is 2. The molecule has 1 saturated heterocycles. The molecule has 5 nitrogen and oxygen atoms in total. The van der Waals surface area contributed by atoms with Gasteiger partial charge in [-0.3, -0.25) is 4.79 Å². The molecule has 26 heavy (non-hydrogen) atoms. The lowest BCUT2D eigenvalue weighted by atomic mass is 9.70. The molecule has 0 atom stereocenters. The van der Waals surface area contributed by atoms with Crippen molar-refractivity contribution in [2.45, 2.75) is 50.8 Å². The lowest BCUT2D eigenvalue weighted by Crippen LogP contribution is -2.52. The van der Waals surface area contributed by atoms with Crippen LogP contribution < -0.4 is 5.73 Å². The Labute approximate surface area is 150 Å². The number of alkyl halides is 3. The van der Waals surface area contributed by atoms with Crippen molar-refractivity contribution in [3.8, 4) is 0 Å². The van der Waals surface area contributed by atoms with E-state index in [1.807, 2.05) is 0 Å². The first-order chi connectivity index (χ1) is 11.9. The summed E-state index contributed by atoms with van der Waals surface area (Å²) in [6.45, 7) is 5.35. The topological polar surface area (TPSA) is 72.6 Å². The van der Waals surface area contributed by atoms with Crippen LogP contribution in [-0.4, -0.2) is 35.6 Å². The Morgan fingerprint density at radius 1 is 1.12 bits per heavy atom. The first-order valence-electron chi connectivity index (χ1n) is 8.31. The van der Waals surface area contributed by atoms with Crippen molar-refractivity contribution >= 4 is 12.0 Å². The van der Waals surface area contributed by atoms with Crippen LogP contribution in [-0.2, 0) is 21.1 Å². The summed E-state index contributed by atoms with van der Waals surface area (Å²) >= 11 is 0. The van der Waals surface area contributed by atoms with Crippen LogP contribution in [0.3, 0.4) is 0 Å². The molecule has 8 heteroatoms. The van der Waals surface area contributed by atoms with E-state index in [1.165, 1.54) is 23.1 Å². The number of nitrogens with two attached hydrogens (primary N) is 1. The summed E-state index contributed by atoms with van der Waals surface area (Å²) in [7, 11) is 0. The number of carbonyl (C=O) groups excluding carboxylic acids is 2. The molecule has 0 bridgehead atoms. The summed E-state index contributed by atoms with van der Waals surface area (Å²) < 4.78 is 45.5. The molecule has 0 saturated carbocycles. The molecular formula is C18H23F3N2O3. The van der Waals surface area contributed by atoms with Crippen LogP contribution in [0.15, 0.2) is 24.3 Å². The number of hydrogen-bond donors (Lipinski definition) is 1. The molecule has 1 aromatic rings. The SMILES string of the molecule is CC(C)(C)OC(=O)N1CCC(C(N)=O)(c2ccccc2C(F)(F)F)CC1. The lowest BCUT2D eigenvalue weighted by molar-refractivity contribution is -0.140. The van der Waals surface area contributed by atoms with E-state index in [1.54, 1.807) is 20.8 Å². The second-order valence-corrected chi connectivity index (χ2v) is 7.46. The minimum Gasteiger partial charge on any atom is -0.444 e. The number of amides is 2. The van der Waals surface area contributed by atoms with Crippen molar-refractivity contribution in [1.29, 1.82) is 0 Å². The quantitative estimate of drug-likeness (QED) is 0.864. The highest BCUT2D eigenvalue weighted by Gasteiger charge is 2.47. The van der Waals surface area contributed by atoms with E-state index in [9.17, 15) is 22.8 Å². The Bertz CT molecular complexity index is 688. The molecule has 1 aliphatic rings. The highest BCUT2D eigenvalue weighted by Crippen LogP contribution is 2.42. The molecule has 2 rings (SSSR count).